The van der Waals surface area contributed by atoms with Crippen LogP contribution in [0.15, 0.2) is 40.3 Å². The van der Waals surface area contributed by atoms with Crippen LogP contribution in [0.2, 0.25) is 0 Å². The fraction of sp³-hybridized carbons (Fsp3) is 0.581. The fourth-order valence-corrected chi connectivity index (χ4v) is 6.48. The first-order valence-corrected chi connectivity index (χ1v) is 22.5. The highest BCUT2D eigenvalue weighted by Crippen LogP contribution is 2.13. The van der Waals surface area contributed by atoms with E-state index in [2.05, 4.69) is 52.5 Å². The summed E-state index contributed by atoms with van der Waals surface area (Å²) in [6, 6.07) is 0.799. The van der Waals surface area contributed by atoms with Crippen LogP contribution in [-0.4, -0.2) is 139 Å². The maximum Gasteiger partial charge on any atom is 0.305 e. The van der Waals surface area contributed by atoms with Crippen LogP contribution in [0.5, 0.6) is 0 Å². The Morgan fingerprint density at radius 3 is 1.54 bits per heavy atom. The van der Waals surface area contributed by atoms with E-state index in [1.54, 1.807) is 58.0 Å². The average molecular weight is 974 g/mol. The molecule has 26 heteroatoms. The first kappa shape index (κ1) is 59.5. The number of nitrogens with one attached hydrogen (secondary N) is 8. The molecule has 1 rings (SSSR count). The van der Waals surface area contributed by atoms with Crippen LogP contribution in [0.4, 0.5) is 0 Å². The monoisotopic (exact) mass is 974 g/mol. The number of amides is 9. The van der Waals surface area contributed by atoms with E-state index in [0.717, 1.165) is 5.56 Å². The molecule has 26 nitrogen and oxygen atoms in total. The summed E-state index contributed by atoms with van der Waals surface area (Å²) in [5, 5.41) is 29.5. The molecule has 0 aliphatic rings. The Morgan fingerprint density at radius 2 is 1.04 bits per heavy atom. The van der Waals surface area contributed by atoms with Crippen molar-refractivity contribution in [2.24, 2.45) is 50.5 Å². The van der Waals surface area contributed by atoms with Gasteiger partial charge in [0.25, 0.3) is 0 Å². The van der Waals surface area contributed by atoms with E-state index < -0.39 is 127 Å². The quantitative estimate of drug-likeness (QED) is 0.0184. The second kappa shape index (κ2) is 31.4. The van der Waals surface area contributed by atoms with Crippen LogP contribution in [0.3, 0.4) is 0 Å². The van der Waals surface area contributed by atoms with Crippen molar-refractivity contribution in [3.05, 3.63) is 35.9 Å². The summed E-state index contributed by atoms with van der Waals surface area (Å²) < 4.78 is 0. The zero-order valence-electron chi connectivity index (χ0n) is 39.8. The van der Waals surface area contributed by atoms with Gasteiger partial charge < -0.3 is 76.3 Å². The molecule has 8 atom stereocenters. The molecular weight excluding hydrogens is 903 g/mol. The molecule has 1 aromatic rings. The highest BCUT2D eigenvalue weighted by atomic mass is 16.4. The molecule has 0 saturated heterocycles. The number of hydrogen-bond acceptors (Lipinski definition) is 12. The van der Waals surface area contributed by atoms with Gasteiger partial charge in [-0.3, -0.25) is 57.9 Å². The maximum atomic E-state index is 14.0. The topological polar surface area (TPSA) is 442 Å². The van der Waals surface area contributed by atoms with E-state index in [4.69, 9.17) is 28.7 Å². The summed E-state index contributed by atoms with van der Waals surface area (Å²) in [5.74, 6) is -10.3. The van der Waals surface area contributed by atoms with Crippen LogP contribution in [-0.2, 0) is 54.4 Å². The van der Waals surface area contributed by atoms with Crippen molar-refractivity contribution in [1.29, 1.82) is 0 Å². The molecule has 1 aromatic carbocycles. The molecule has 9 amide bonds. The standard InChI is InChI=1S/C43H71N15O11/c1-6-23(3)34(36(44)64)57-39(67)28(16-12-18-50-43(47)48)55-40(68)30(20-33(62)63)56-41(69)35(24(4)7-2)58-38(66)27(15-11-17-49-42(45)46)54-32(61)22-51-31(60)21-52-37(65)29(53-25(5)59)19-26-13-9-8-10-14-26/h8-10,13-14,23-24,27-30,34-35H,6-7,11-12,15-22H2,1-5H3,(H2,44,64)(H,51,60)(H,52,65)(H,53,59)(H,54,61)(H,55,68)(H,56,69)(H,57,67)(H,58,66)(H,62,63)(H4,45,46,49)(H4,47,48,50)/t23-,24-,27-,28-,29-,30-,34-,35-/m0/s1. The first-order valence-electron chi connectivity index (χ1n) is 22.5. The molecule has 0 unspecified atom stereocenters. The van der Waals surface area contributed by atoms with E-state index in [1.165, 1.54) is 6.92 Å². The number of carboxylic acid groups (broad SMARTS) is 1. The lowest BCUT2D eigenvalue weighted by atomic mass is 9.96. The predicted molar refractivity (Wildman–Crippen MR) is 254 cm³/mol. The van der Waals surface area contributed by atoms with Gasteiger partial charge in [0.05, 0.1) is 19.5 Å². The number of nitrogens with two attached hydrogens (primary N) is 5. The fourth-order valence-electron chi connectivity index (χ4n) is 6.48. The van der Waals surface area contributed by atoms with Gasteiger partial charge in [0, 0.05) is 26.4 Å². The van der Waals surface area contributed by atoms with Gasteiger partial charge in [-0.2, -0.15) is 0 Å². The minimum absolute atomic E-state index is 0.0392. The van der Waals surface area contributed by atoms with Crippen molar-refractivity contribution in [1.82, 2.24) is 42.5 Å². The van der Waals surface area contributed by atoms with Crippen molar-refractivity contribution in [2.75, 3.05) is 26.2 Å². The number of guanidine groups is 2. The number of carbonyl (C=O) groups is 10. The summed E-state index contributed by atoms with van der Waals surface area (Å²) in [6.45, 7) is 6.87. The van der Waals surface area contributed by atoms with Gasteiger partial charge in [0.2, 0.25) is 53.2 Å². The van der Waals surface area contributed by atoms with E-state index >= 15 is 0 Å². The van der Waals surface area contributed by atoms with E-state index in [-0.39, 0.29) is 63.5 Å². The van der Waals surface area contributed by atoms with Gasteiger partial charge in [-0.15, -0.1) is 0 Å². The number of benzene rings is 1. The Balaban J connectivity index is 3.25. The molecule has 0 aromatic heterocycles. The highest BCUT2D eigenvalue weighted by molar-refractivity contribution is 5.98. The molecule has 0 radical (unpaired) electrons. The van der Waals surface area contributed by atoms with E-state index in [1.807, 2.05) is 0 Å². The normalized spacial score (nSPS) is 14.2. The molecular formula is C43H71N15O11. The third-order valence-corrected chi connectivity index (χ3v) is 10.6. The number of aliphatic carboxylic acids is 1. The third-order valence-electron chi connectivity index (χ3n) is 10.6. The lowest BCUT2D eigenvalue weighted by Crippen LogP contribution is -2.60. The second-order valence-electron chi connectivity index (χ2n) is 16.3. The van der Waals surface area contributed by atoms with Crippen molar-refractivity contribution in [3.8, 4) is 0 Å². The minimum atomic E-state index is -1.79. The second-order valence-corrected chi connectivity index (χ2v) is 16.3. The van der Waals surface area contributed by atoms with Crippen LogP contribution >= 0.6 is 0 Å². The molecule has 19 N–H and O–H groups in total. The molecule has 0 bridgehead atoms. The average Bonchev–Trinajstić information content (AvgIpc) is 3.28. The molecule has 0 saturated carbocycles. The van der Waals surface area contributed by atoms with Crippen molar-refractivity contribution >= 4 is 71.1 Å². The Hall–Kier alpha value is -7.54. The van der Waals surface area contributed by atoms with Gasteiger partial charge in [0.1, 0.15) is 36.3 Å². The highest BCUT2D eigenvalue weighted by Gasteiger charge is 2.35. The van der Waals surface area contributed by atoms with Crippen LogP contribution in [0.25, 0.3) is 0 Å². The molecule has 0 heterocycles. The summed E-state index contributed by atoms with van der Waals surface area (Å²) >= 11 is 0. The minimum Gasteiger partial charge on any atom is -0.481 e. The van der Waals surface area contributed by atoms with E-state index in [0.29, 0.717) is 6.42 Å². The molecule has 0 aliphatic carbocycles. The Labute approximate surface area is 400 Å². The number of hydrogen-bond donors (Lipinski definition) is 14. The number of primary amides is 1. The summed E-state index contributed by atoms with van der Waals surface area (Å²) in [6.07, 6.45) is 0.0457. The molecule has 0 spiro atoms. The molecule has 0 fully saturated rings. The number of carboxylic acids is 1. The van der Waals surface area contributed by atoms with Gasteiger partial charge >= 0.3 is 5.97 Å². The SMILES string of the molecule is CC[C@H](C)[C@H](NC(=O)[C@H](CCCN=C(N)N)NC(=O)[C@H](CC(=O)O)NC(=O)[C@@H](NC(=O)[C@H](CCCN=C(N)N)NC(=O)CNC(=O)CNC(=O)[C@H](Cc1ccccc1)NC(C)=O)[C@@H](C)CC)C(N)=O. The zero-order valence-corrected chi connectivity index (χ0v) is 39.8. The largest absolute Gasteiger partial charge is 0.481 e. The summed E-state index contributed by atoms with van der Waals surface area (Å²) in [7, 11) is 0. The maximum absolute atomic E-state index is 14.0. The predicted octanol–water partition coefficient (Wildman–Crippen LogP) is -4.45. The zero-order chi connectivity index (χ0) is 52.2. The lowest BCUT2D eigenvalue weighted by Gasteiger charge is -2.29. The third kappa shape index (κ3) is 24.2. The smallest absolute Gasteiger partial charge is 0.305 e. The number of nitrogens with zero attached hydrogens (tertiary/aromatic N) is 2. The number of aliphatic imine (C=N–C) groups is 2. The van der Waals surface area contributed by atoms with Gasteiger partial charge in [0.15, 0.2) is 11.9 Å². The first-order chi connectivity index (χ1) is 32.5. The Kier molecular flexibility index (Phi) is 27.1. The van der Waals surface area contributed by atoms with Crippen LogP contribution in [0, 0.1) is 11.8 Å². The van der Waals surface area contributed by atoms with Crippen molar-refractivity contribution < 1.29 is 53.1 Å². The molecule has 384 valence electrons. The molecule has 69 heavy (non-hydrogen) atoms. The Bertz CT molecular complexity index is 1980. The molecule has 0 aliphatic heterocycles. The number of carbonyl (C=O) groups excluding carboxylic acids is 9. The van der Waals surface area contributed by atoms with Crippen LogP contribution < -0.4 is 71.2 Å². The van der Waals surface area contributed by atoms with E-state index in [9.17, 15) is 53.1 Å². The van der Waals surface area contributed by atoms with Gasteiger partial charge in [-0.1, -0.05) is 70.9 Å². The summed E-state index contributed by atoms with van der Waals surface area (Å²) in [5.41, 5.74) is 28.0. The summed E-state index contributed by atoms with van der Waals surface area (Å²) in [4.78, 5) is 138. The van der Waals surface area contributed by atoms with Crippen LogP contribution in [0.1, 0.15) is 85.1 Å². The van der Waals surface area contributed by atoms with Crippen molar-refractivity contribution in [3.63, 3.8) is 0 Å². The number of rotatable bonds is 32. The lowest BCUT2D eigenvalue weighted by molar-refractivity contribution is -0.142. The van der Waals surface area contributed by atoms with Crippen molar-refractivity contribution in [2.45, 2.75) is 122 Å². The van der Waals surface area contributed by atoms with Gasteiger partial charge in [-0.25, -0.2) is 0 Å². The van der Waals surface area contributed by atoms with Gasteiger partial charge in [-0.05, 0) is 43.1 Å². The Morgan fingerprint density at radius 1 is 0.565 bits per heavy atom.